The molecule has 0 aromatic rings. The third-order valence-electron chi connectivity index (χ3n) is 2.68. The van der Waals surface area contributed by atoms with Crippen molar-refractivity contribution in [1.29, 1.82) is 0 Å². The van der Waals surface area contributed by atoms with Gasteiger partial charge < -0.3 is 29.9 Å². The van der Waals surface area contributed by atoms with Gasteiger partial charge in [-0.2, -0.15) is 0 Å². The SMILES string of the molecule is C=CCCCOC1O[C@H](CO)[C@H](O)[C@H](O)[C@H]1O. The number of allylic oxidation sites excluding steroid dienone is 1. The highest BCUT2D eigenvalue weighted by atomic mass is 16.7. The Balaban J connectivity index is 2.44. The Hall–Kier alpha value is -0.500. The second-order valence-corrected chi connectivity index (χ2v) is 4.00. The van der Waals surface area contributed by atoms with E-state index in [4.69, 9.17) is 14.6 Å². The van der Waals surface area contributed by atoms with Gasteiger partial charge in [-0.15, -0.1) is 6.58 Å². The summed E-state index contributed by atoms with van der Waals surface area (Å²) in [5, 5.41) is 37.6. The summed E-state index contributed by atoms with van der Waals surface area (Å²) >= 11 is 0. The summed E-state index contributed by atoms with van der Waals surface area (Å²) in [4.78, 5) is 0. The highest BCUT2D eigenvalue weighted by molar-refractivity contribution is 4.88. The van der Waals surface area contributed by atoms with Crippen LogP contribution in [-0.4, -0.2) is 64.3 Å². The molecule has 0 bridgehead atoms. The van der Waals surface area contributed by atoms with Crippen molar-refractivity contribution in [3.63, 3.8) is 0 Å². The van der Waals surface area contributed by atoms with Crippen molar-refractivity contribution in [2.75, 3.05) is 13.2 Å². The minimum absolute atomic E-state index is 0.342. The van der Waals surface area contributed by atoms with Gasteiger partial charge in [-0.3, -0.25) is 0 Å². The topological polar surface area (TPSA) is 99.4 Å². The van der Waals surface area contributed by atoms with Gasteiger partial charge in [0.1, 0.15) is 24.4 Å². The van der Waals surface area contributed by atoms with E-state index in [2.05, 4.69) is 6.58 Å². The van der Waals surface area contributed by atoms with Crippen molar-refractivity contribution < 1.29 is 29.9 Å². The number of hydrogen-bond donors (Lipinski definition) is 4. The lowest BCUT2D eigenvalue weighted by molar-refractivity contribution is -0.301. The summed E-state index contributed by atoms with van der Waals surface area (Å²) in [6.45, 7) is 3.46. The van der Waals surface area contributed by atoms with E-state index in [1.165, 1.54) is 0 Å². The minimum atomic E-state index is -1.38. The Kier molecular flexibility index (Phi) is 6.04. The first kappa shape index (κ1) is 14.6. The number of ether oxygens (including phenoxy) is 2. The van der Waals surface area contributed by atoms with Crippen LogP contribution in [-0.2, 0) is 9.47 Å². The van der Waals surface area contributed by atoms with Crippen molar-refractivity contribution >= 4 is 0 Å². The third kappa shape index (κ3) is 3.74. The molecule has 6 nitrogen and oxygen atoms in total. The van der Waals surface area contributed by atoms with Crippen LogP contribution in [0.1, 0.15) is 12.8 Å². The Bertz CT molecular complexity index is 232. The molecule has 6 heteroatoms. The number of unbranched alkanes of at least 4 members (excludes halogenated alkanes) is 1. The summed E-state index contributed by atoms with van der Waals surface area (Å²) in [6.07, 6.45) is -2.76. The van der Waals surface area contributed by atoms with Gasteiger partial charge >= 0.3 is 0 Å². The van der Waals surface area contributed by atoms with Crippen molar-refractivity contribution in [2.24, 2.45) is 0 Å². The standard InChI is InChI=1S/C11H20O6/c1-2-3-4-5-16-11-10(15)9(14)8(13)7(6-12)17-11/h2,7-15H,1,3-6H2/t7-,8+,9+,10-,11?/m1/s1. The minimum Gasteiger partial charge on any atom is -0.394 e. The summed E-state index contributed by atoms with van der Waals surface area (Å²) in [5.41, 5.74) is 0. The van der Waals surface area contributed by atoms with Crippen LogP contribution in [0.15, 0.2) is 12.7 Å². The summed E-state index contributed by atoms with van der Waals surface area (Å²) in [6, 6.07) is 0. The van der Waals surface area contributed by atoms with Gasteiger partial charge in [0.2, 0.25) is 0 Å². The predicted octanol–water partition coefficient (Wildman–Crippen LogP) is -1.23. The molecule has 1 rings (SSSR count). The number of rotatable bonds is 6. The van der Waals surface area contributed by atoms with Crippen molar-refractivity contribution in [1.82, 2.24) is 0 Å². The highest BCUT2D eigenvalue weighted by Crippen LogP contribution is 2.21. The van der Waals surface area contributed by atoms with Crippen LogP contribution < -0.4 is 0 Å². The summed E-state index contributed by atoms with van der Waals surface area (Å²) < 4.78 is 10.4. The first-order chi connectivity index (χ1) is 8.11. The molecule has 5 atom stereocenters. The Morgan fingerprint density at radius 2 is 1.88 bits per heavy atom. The molecule has 17 heavy (non-hydrogen) atoms. The highest BCUT2D eigenvalue weighted by Gasteiger charge is 2.43. The van der Waals surface area contributed by atoms with Crippen LogP contribution in [0.3, 0.4) is 0 Å². The molecular formula is C11H20O6. The Morgan fingerprint density at radius 1 is 1.18 bits per heavy atom. The maximum absolute atomic E-state index is 9.62. The number of hydrogen-bond acceptors (Lipinski definition) is 6. The van der Waals surface area contributed by atoms with Gasteiger partial charge in [0.25, 0.3) is 0 Å². The molecule has 4 N–H and O–H groups in total. The van der Waals surface area contributed by atoms with Gasteiger partial charge in [-0.05, 0) is 12.8 Å². The molecule has 1 saturated heterocycles. The molecule has 1 unspecified atom stereocenters. The molecule has 0 saturated carbocycles. The lowest BCUT2D eigenvalue weighted by Gasteiger charge is -2.39. The van der Waals surface area contributed by atoms with E-state index in [1.54, 1.807) is 6.08 Å². The molecule has 0 spiro atoms. The van der Waals surface area contributed by atoms with Gasteiger partial charge in [0.05, 0.1) is 13.2 Å². The molecule has 0 radical (unpaired) electrons. The van der Waals surface area contributed by atoms with E-state index in [1.807, 2.05) is 0 Å². The molecule has 0 amide bonds. The first-order valence-corrected chi connectivity index (χ1v) is 5.64. The van der Waals surface area contributed by atoms with Crippen LogP contribution in [0.25, 0.3) is 0 Å². The lowest BCUT2D eigenvalue weighted by Crippen LogP contribution is -2.59. The van der Waals surface area contributed by atoms with Crippen LogP contribution in [0.2, 0.25) is 0 Å². The average molecular weight is 248 g/mol. The molecule has 0 aromatic carbocycles. The zero-order chi connectivity index (χ0) is 12.8. The van der Waals surface area contributed by atoms with Crippen LogP contribution in [0, 0.1) is 0 Å². The molecule has 1 aliphatic heterocycles. The Morgan fingerprint density at radius 3 is 2.47 bits per heavy atom. The average Bonchev–Trinajstić information content (AvgIpc) is 2.34. The fraction of sp³-hybridized carbons (Fsp3) is 0.818. The second-order valence-electron chi connectivity index (χ2n) is 4.00. The van der Waals surface area contributed by atoms with E-state index >= 15 is 0 Å². The fourth-order valence-corrected chi connectivity index (χ4v) is 1.63. The molecule has 0 aromatic heterocycles. The van der Waals surface area contributed by atoms with E-state index in [9.17, 15) is 15.3 Å². The van der Waals surface area contributed by atoms with Gasteiger partial charge in [0.15, 0.2) is 6.29 Å². The zero-order valence-electron chi connectivity index (χ0n) is 9.60. The molecular weight excluding hydrogens is 228 g/mol. The first-order valence-electron chi connectivity index (χ1n) is 5.64. The monoisotopic (exact) mass is 248 g/mol. The quantitative estimate of drug-likeness (QED) is 0.347. The number of aliphatic hydroxyl groups excluding tert-OH is 4. The second kappa shape index (κ2) is 7.05. The van der Waals surface area contributed by atoms with Crippen LogP contribution in [0.5, 0.6) is 0 Å². The van der Waals surface area contributed by atoms with E-state index in [0.717, 1.165) is 12.8 Å². The molecule has 0 aliphatic carbocycles. The summed E-state index contributed by atoms with van der Waals surface area (Å²) in [5.74, 6) is 0. The van der Waals surface area contributed by atoms with Crippen LogP contribution in [0.4, 0.5) is 0 Å². The smallest absolute Gasteiger partial charge is 0.186 e. The van der Waals surface area contributed by atoms with Gasteiger partial charge in [0, 0.05) is 0 Å². The molecule has 100 valence electrons. The molecule has 1 heterocycles. The van der Waals surface area contributed by atoms with Crippen molar-refractivity contribution in [3.8, 4) is 0 Å². The summed E-state index contributed by atoms with van der Waals surface area (Å²) in [7, 11) is 0. The van der Waals surface area contributed by atoms with E-state index in [-0.39, 0.29) is 0 Å². The predicted molar refractivity (Wildman–Crippen MR) is 59.2 cm³/mol. The molecule has 1 aliphatic rings. The Labute approximate surface area is 100 Å². The van der Waals surface area contributed by atoms with Gasteiger partial charge in [-0.1, -0.05) is 6.08 Å². The van der Waals surface area contributed by atoms with Crippen molar-refractivity contribution in [2.45, 2.75) is 43.5 Å². The largest absolute Gasteiger partial charge is 0.394 e. The zero-order valence-corrected chi connectivity index (χ0v) is 9.60. The van der Waals surface area contributed by atoms with Crippen LogP contribution >= 0.6 is 0 Å². The lowest BCUT2D eigenvalue weighted by atomic mass is 9.99. The van der Waals surface area contributed by atoms with Crippen molar-refractivity contribution in [3.05, 3.63) is 12.7 Å². The fourth-order valence-electron chi connectivity index (χ4n) is 1.63. The molecule has 1 fully saturated rings. The van der Waals surface area contributed by atoms with E-state index in [0.29, 0.717) is 6.61 Å². The van der Waals surface area contributed by atoms with Gasteiger partial charge in [-0.25, -0.2) is 0 Å². The number of aliphatic hydroxyl groups is 4. The van der Waals surface area contributed by atoms with E-state index < -0.39 is 37.3 Å². The normalized spacial score (nSPS) is 38.0. The third-order valence-corrected chi connectivity index (χ3v) is 2.68. The maximum atomic E-state index is 9.62. The maximum Gasteiger partial charge on any atom is 0.186 e.